The van der Waals surface area contributed by atoms with E-state index in [0.717, 1.165) is 12.5 Å². The van der Waals surface area contributed by atoms with Crippen LogP contribution in [0, 0.1) is 5.92 Å². The van der Waals surface area contributed by atoms with Gasteiger partial charge in [-0.2, -0.15) is 0 Å². The molecule has 17 heavy (non-hydrogen) atoms. The summed E-state index contributed by atoms with van der Waals surface area (Å²) in [6.07, 6.45) is 3.75. The summed E-state index contributed by atoms with van der Waals surface area (Å²) in [6.45, 7) is 10.1. The van der Waals surface area contributed by atoms with Gasteiger partial charge in [-0.1, -0.05) is 13.3 Å². The van der Waals surface area contributed by atoms with Crippen molar-refractivity contribution < 1.29 is 0 Å². The first kappa shape index (κ1) is 15.2. The smallest absolute Gasteiger partial charge is 0.0314 e. The van der Waals surface area contributed by atoms with Gasteiger partial charge in [-0.05, 0) is 73.5 Å². The number of hydrogen-bond donors (Lipinski definition) is 1. The quantitative estimate of drug-likeness (QED) is 0.790. The standard InChI is InChI=1S/C14H24BrNS/c1-5-6-11(10-16-14(2,3)4)9-13-12(15)7-8-17-13/h7-8,11,16H,5-6,9-10H2,1-4H3. The molecule has 0 amide bonds. The molecule has 1 heterocycles. The average Bonchev–Trinajstić information content (AvgIpc) is 2.60. The van der Waals surface area contributed by atoms with E-state index in [0.29, 0.717) is 0 Å². The molecule has 0 aliphatic carbocycles. The monoisotopic (exact) mass is 317 g/mol. The van der Waals surface area contributed by atoms with E-state index in [-0.39, 0.29) is 5.54 Å². The molecular formula is C14H24BrNS. The van der Waals surface area contributed by atoms with Crippen molar-refractivity contribution in [3.05, 3.63) is 20.8 Å². The van der Waals surface area contributed by atoms with Crippen molar-refractivity contribution in [2.75, 3.05) is 6.54 Å². The molecule has 0 aliphatic heterocycles. The summed E-state index contributed by atoms with van der Waals surface area (Å²) < 4.78 is 1.28. The van der Waals surface area contributed by atoms with Crippen molar-refractivity contribution >= 4 is 27.3 Å². The van der Waals surface area contributed by atoms with Crippen LogP contribution in [0.25, 0.3) is 0 Å². The molecule has 0 fully saturated rings. The van der Waals surface area contributed by atoms with Crippen LogP contribution in [0.15, 0.2) is 15.9 Å². The van der Waals surface area contributed by atoms with E-state index < -0.39 is 0 Å². The molecule has 1 N–H and O–H groups in total. The Hall–Kier alpha value is 0.140. The van der Waals surface area contributed by atoms with Gasteiger partial charge < -0.3 is 5.32 Å². The van der Waals surface area contributed by atoms with E-state index in [1.165, 1.54) is 28.6 Å². The molecule has 0 saturated heterocycles. The molecule has 98 valence electrons. The zero-order chi connectivity index (χ0) is 12.9. The highest BCUT2D eigenvalue weighted by molar-refractivity contribution is 9.10. The predicted molar refractivity (Wildman–Crippen MR) is 81.9 cm³/mol. The predicted octanol–water partition coefficient (Wildman–Crippen LogP) is 4.86. The Labute approximate surface area is 118 Å². The van der Waals surface area contributed by atoms with E-state index in [1.807, 2.05) is 11.3 Å². The number of thiophene rings is 1. The molecule has 1 aromatic rings. The lowest BCUT2D eigenvalue weighted by Gasteiger charge is -2.25. The van der Waals surface area contributed by atoms with Gasteiger partial charge in [0.2, 0.25) is 0 Å². The highest BCUT2D eigenvalue weighted by atomic mass is 79.9. The minimum atomic E-state index is 0.221. The van der Waals surface area contributed by atoms with Gasteiger partial charge in [-0.25, -0.2) is 0 Å². The van der Waals surface area contributed by atoms with E-state index >= 15 is 0 Å². The zero-order valence-corrected chi connectivity index (χ0v) is 13.7. The third kappa shape index (κ3) is 6.03. The summed E-state index contributed by atoms with van der Waals surface area (Å²) in [6, 6.07) is 2.15. The lowest BCUT2D eigenvalue weighted by atomic mass is 9.97. The Morgan fingerprint density at radius 1 is 1.41 bits per heavy atom. The summed E-state index contributed by atoms with van der Waals surface area (Å²) >= 11 is 5.49. The maximum absolute atomic E-state index is 3.63. The zero-order valence-electron chi connectivity index (χ0n) is 11.3. The van der Waals surface area contributed by atoms with E-state index in [1.54, 1.807) is 0 Å². The second kappa shape index (κ2) is 6.91. The molecule has 1 atom stereocenters. The van der Waals surface area contributed by atoms with Gasteiger partial charge in [0.25, 0.3) is 0 Å². The Kier molecular flexibility index (Phi) is 6.18. The Balaban J connectivity index is 2.51. The fraction of sp³-hybridized carbons (Fsp3) is 0.714. The highest BCUT2D eigenvalue weighted by Crippen LogP contribution is 2.26. The molecule has 1 rings (SSSR count). The summed E-state index contributed by atoms with van der Waals surface area (Å²) in [7, 11) is 0. The van der Waals surface area contributed by atoms with Crippen LogP contribution in [0.1, 0.15) is 45.4 Å². The molecule has 0 spiro atoms. The van der Waals surface area contributed by atoms with Crippen LogP contribution in [-0.4, -0.2) is 12.1 Å². The molecule has 0 radical (unpaired) electrons. The van der Waals surface area contributed by atoms with Crippen molar-refractivity contribution in [1.82, 2.24) is 5.32 Å². The molecule has 3 heteroatoms. The highest BCUT2D eigenvalue weighted by Gasteiger charge is 2.15. The number of halogens is 1. The maximum atomic E-state index is 3.63. The van der Waals surface area contributed by atoms with Crippen LogP contribution >= 0.6 is 27.3 Å². The molecule has 0 aromatic carbocycles. The minimum Gasteiger partial charge on any atom is -0.312 e. The summed E-state index contributed by atoms with van der Waals surface area (Å²) in [5.41, 5.74) is 0.221. The molecule has 0 aliphatic rings. The number of hydrogen-bond acceptors (Lipinski definition) is 2. The van der Waals surface area contributed by atoms with Crippen molar-refractivity contribution in [2.24, 2.45) is 5.92 Å². The summed E-state index contributed by atoms with van der Waals surface area (Å²) in [5, 5.41) is 5.79. The Morgan fingerprint density at radius 2 is 2.12 bits per heavy atom. The van der Waals surface area contributed by atoms with E-state index in [9.17, 15) is 0 Å². The van der Waals surface area contributed by atoms with E-state index in [4.69, 9.17) is 0 Å². The van der Waals surface area contributed by atoms with Gasteiger partial charge in [-0.15, -0.1) is 11.3 Å². The Morgan fingerprint density at radius 3 is 2.59 bits per heavy atom. The van der Waals surface area contributed by atoms with Crippen molar-refractivity contribution in [1.29, 1.82) is 0 Å². The van der Waals surface area contributed by atoms with Crippen molar-refractivity contribution in [2.45, 2.75) is 52.5 Å². The van der Waals surface area contributed by atoms with Crippen LogP contribution in [0.3, 0.4) is 0 Å². The molecule has 1 unspecified atom stereocenters. The first-order chi connectivity index (χ1) is 7.92. The lowest BCUT2D eigenvalue weighted by Crippen LogP contribution is -2.39. The number of rotatable bonds is 6. The van der Waals surface area contributed by atoms with Gasteiger partial charge >= 0.3 is 0 Å². The van der Waals surface area contributed by atoms with Gasteiger partial charge in [0.05, 0.1) is 0 Å². The first-order valence-corrected chi connectivity index (χ1v) is 8.06. The van der Waals surface area contributed by atoms with Crippen molar-refractivity contribution in [3.63, 3.8) is 0 Å². The third-order valence-electron chi connectivity index (χ3n) is 2.78. The molecular weight excluding hydrogens is 294 g/mol. The molecule has 0 saturated carbocycles. The third-order valence-corrected chi connectivity index (χ3v) is 4.73. The summed E-state index contributed by atoms with van der Waals surface area (Å²) in [4.78, 5) is 1.49. The maximum Gasteiger partial charge on any atom is 0.0314 e. The second-order valence-electron chi connectivity index (χ2n) is 5.68. The van der Waals surface area contributed by atoms with Crippen LogP contribution in [0.2, 0.25) is 0 Å². The van der Waals surface area contributed by atoms with Crippen molar-refractivity contribution in [3.8, 4) is 0 Å². The fourth-order valence-electron chi connectivity index (χ4n) is 1.87. The van der Waals surface area contributed by atoms with Crippen LogP contribution in [0.4, 0.5) is 0 Å². The summed E-state index contributed by atoms with van der Waals surface area (Å²) in [5.74, 6) is 0.745. The largest absolute Gasteiger partial charge is 0.312 e. The molecule has 1 nitrogen and oxygen atoms in total. The normalized spacial score (nSPS) is 13.9. The second-order valence-corrected chi connectivity index (χ2v) is 7.54. The topological polar surface area (TPSA) is 12.0 Å². The molecule has 1 aromatic heterocycles. The van der Waals surface area contributed by atoms with Gasteiger partial charge in [0, 0.05) is 14.9 Å². The Bertz CT molecular complexity index is 327. The van der Waals surface area contributed by atoms with Crippen LogP contribution in [0.5, 0.6) is 0 Å². The average molecular weight is 318 g/mol. The number of nitrogens with one attached hydrogen (secondary N) is 1. The minimum absolute atomic E-state index is 0.221. The van der Waals surface area contributed by atoms with Gasteiger partial charge in [-0.3, -0.25) is 0 Å². The molecule has 0 bridgehead atoms. The lowest BCUT2D eigenvalue weighted by molar-refractivity contribution is 0.356. The van der Waals surface area contributed by atoms with Gasteiger partial charge in [0.15, 0.2) is 0 Å². The van der Waals surface area contributed by atoms with Crippen LogP contribution < -0.4 is 5.32 Å². The fourth-order valence-corrected chi connectivity index (χ4v) is 3.50. The van der Waals surface area contributed by atoms with Crippen LogP contribution in [-0.2, 0) is 6.42 Å². The first-order valence-electron chi connectivity index (χ1n) is 6.39. The van der Waals surface area contributed by atoms with E-state index in [2.05, 4.69) is 60.4 Å². The van der Waals surface area contributed by atoms with Gasteiger partial charge in [0.1, 0.15) is 0 Å². The SMILES string of the molecule is CCCC(CNC(C)(C)C)Cc1sccc1Br.